The molecule has 0 fully saturated rings. The number of amides is 1. The number of nitrogens with one attached hydrogen (secondary N) is 1. The summed E-state index contributed by atoms with van der Waals surface area (Å²) in [5, 5.41) is 11.7. The Labute approximate surface area is 157 Å². The van der Waals surface area contributed by atoms with Gasteiger partial charge in [0.25, 0.3) is 0 Å². The van der Waals surface area contributed by atoms with Gasteiger partial charge in [0.05, 0.1) is 26.9 Å². The van der Waals surface area contributed by atoms with E-state index in [-0.39, 0.29) is 17.9 Å². The number of hydrogen-bond donors (Lipinski definition) is 2. The number of carbonyl (C=O) groups excluding carboxylic acids is 1. The van der Waals surface area contributed by atoms with Crippen molar-refractivity contribution < 1.29 is 28.9 Å². The number of hydrogen-bond acceptors (Lipinski definition) is 5. The second-order valence-electron chi connectivity index (χ2n) is 5.77. The van der Waals surface area contributed by atoms with Crippen LogP contribution in [0.25, 0.3) is 0 Å². The van der Waals surface area contributed by atoms with Crippen molar-refractivity contribution in [1.29, 1.82) is 0 Å². The summed E-state index contributed by atoms with van der Waals surface area (Å²) >= 11 is 0. The lowest BCUT2D eigenvalue weighted by Crippen LogP contribution is -2.23. The Morgan fingerprint density at radius 1 is 0.926 bits per heavy atom. The first kappa shape index (κ1) is 20.1. The van der Waals surface area contributed by atoms with Gasteiger partial charge in [-0.1, -0.05) is 18.2 Å². The molecule has 2 aromatic rings. The molecule has 0 aliphatic carbocycles. The molecule has 0 aliphatic rings. The smallest absolute Gasteiger partial charge is 0.335 e. The fourth-order valence-corrected chi connectivity index (χ4v) is 2.66. The second-order valence-corrected chi connectivity index (χ2v) is 5.77. The summed E-state index contributed by atoms with van der Waals surface area (Å²) in [5.74, 6) is 0.515. The maximum atomic E-state index is 12.1. The first-order valence-electron chi connectivity index (χ1n) is 8.37. The molecule has 7 nitrogen and oxygen atoms in total. The van der Waals surface area contributed by atoms with Gasteiger partial charge in [0.15, 0.2) is 11.5 Å². The van der Waals surface area contributed by atoms with Crippen molar-refractivity contribution in [1.82, 2.24) is 5.32 Å². The summed E-state index contributed by atoms with van der Waals surface area (Å²) in [7, 11) is 4.63. The van der Waals surface area contributed by atoms with Gasteiger partial charge in [-0.05, 0) is 35.7 Å². The summed E-state index contributed by atoms with van der Waals surface area (Å²) in [5.41, 5.74) is 1.89. The Balaban J connectivity index is 1.94. The van der Waals surface area contributed by atoms with E-state index in [1.54, 1.807) is 32.4 Å². The van der Waals surface area contributed by atoms with Crippen molar-refractivity contribution in [2.45, 2.75) is 19.4 Å². The quantitative estimate of drug-likeness (QED) is 0.702. The molecule has 2 aromatic carbocycles. The summed E-state index contributed by atoms with van der Waals surface area (Å²) in [6, 6.07) is 10.0. The molecular weight excluding hydrogens is 350 g/mol. The number of carboxylic acid groups (broad SMARTS) is 1. The highest BCUT2D eigenvalue weighted by Gasteiger charge is 2.16. The van der Waals surface area contributed by atoms with Gasteiger partial charge in [-0.3, -0.25) is 4.79 Å². The van der Waals surface area contributed by atoms with E-state index in [0.29, 0.717) is 30.2 Å². The molecular formula is C20H23NO6. The monoisotopic (exact) mass is 373 g/mol. The van der Waals surface area contributed by atoms with E-state index in [4.69, 9.17) is 19.3 Å². The summed E-state index contributed by atoms with van der Waals surface area (Å²) < 4.78 is 16.0. The van der Waals surface area contributed by atoms with E-state index in [1.165, 1.54) is 19.2 Å². The van der Waals surface area contributed by atoms with Gasteiger partial charge in [-0.15, -0.1) is 0 Å². The minimum Gasteiger partial charge on any atom is -0.493 e. The maximum Gasteiger partial charge on any atom is 0.335 e. The van der Waals surface area contributed by atoms with Crippen LogP contribution in [0.4, 0.5) is 0 Å². The van der Waals surface area contributed by atoms with Crippen molar-refractivity contribution in [3.63, 3.8) is 0 Å². The van der Waals surface area contributed by atoms with Gasteiger partial charge in [0.1, 0.15) is 0 Å². The molecule has 2 N–H and O–H groups in total. The van der Waals surface area contributed by atoms with Crippen molar-refractivity contribution >= 4 is 11.9 Å². The third-order valence-corrected chi connectivity index (χ3v) is 4.10. The molecule has 144 valence electrons. The largest absolute Gasteiger partial charge is 0.493 e. The van der Waals surface area contributed by atoms with Crippen LogP contribution < -0.4 is 19.5 Å². The Bertz CT molecular complexity index is 801. The molecule has 0 aromatic heterocycles. The zero-order chi connectivity index (χ0) is 19.8. The molecule has 1 amide bonds. The van der Waals surface area contributed by atoms with E-state index < -0.39 is 5.97 Å². The zero-order valence-corrected chi connectivity index (χ0v) is 15.6. The zero-order valence-electron chi connectivity index (χ0n) is 15.6. The number of aryl methyl sites for hydroxylation is 1. The topological polar surface area (TPSA) is 94.1 Å². The fraction of sp³-hybridized carbons (Fsp3) is 0.300. The molecule has 7 heteroatoms. The summed E-state index contributed by atoms with van der Waals surface area (Å²) in [6.07, 6.45) is 0.756. The van der Waals surface area contributed by atoms with Gasteiger partial charge >= 0.3 is 5.97 Å². The van der Waals surface area contributed by atoms with E-state index in [0.717, 1.165) is 11.1 Å². The normalized spacial score (nSPS) is 10.2. The first-order chi connectivity index (χ1) is 13.0. The number of carboxylic acids is 1. The molecule has 2 rings (SSSR count). The maximum absolute atomic E-state index is 12.1. The van der Waals surface area contributed by atoms with Gasteiger partial charge < -0.3 is 24.6 Å². The van der Waals surface area contributed by atoms with Crippen LogP contribution in [0.15, 0.2) is 36.4 Å². The molecule has 0 saturated heterocycles. The standard InChI is InChI=1S/C20H23NO6/c1-25-16-10-8-14(18(26-2)19(16)27-3)9-11-17(22)21-12-13-4-6-15(7-5-13)20(23)24/h4-8,10H,9,11-12H2,1-3H3,(H,21,22)(H,23,24). The average Bonchev–Trinajstić information content (AvgIpc) is 2.69. The molecule has 0 bridgehead atoms. The van der Waals surface area contributed by atoms with Crippen LogP contribution in [0.1, 0.15) is 27.9 Å². The molecule has 0 radical (unpaired) electrons. The van der Waals surface area contributed by atoms with Crippen molar-refractivity contribution in [3.05, 3.63) is 53.1 Å². The minimum absolute atomic E-state index is 0.117. The predicted octanol–water partition coefficient (Wildman–Crippen LogP) is 2.66. The molecule has 0 aliphatic heterocycles. The van der Waals surface area contributed by atoms with Crippen LogP contribution in [0.2, 0.25) is 0 Å². The van der Waals surface area contributed by atoms with Crippen molar-refractivity contribution in [2.75, 3.05) is 21.3 Å². The van der Waals surface area contributed by atoms with Crippen LogP contribution in [-0.2, 0) is 17.8 Å². The lowest BCUT2D eigenvalue weighted by atomic mass is 10.1. The number of aromatic carboxylic acids is 1. The van der Waals surface area contributed by atoms with E-state index in [1.807, 2.05) is 6.07 Å². The van der Waals surface area contributed by atoms with E-state index in [2.05, 4.69) is 5.32 Å². The lowest BCUT2D eigenvalue weighted by molar-refractivity contribution is -0.121. The average molecular weight is 373 g/mol. The number of ether oxygens (including phenoxy) is 3. The van der Waals surface area contributed by atoms with Crippen LogP contribution in [0, 0.1) is 0 Å². The van der Waals surface area contributed by atoms with E-state index >= 15 is 0 Å². The minimum atomic E-state index is -0.977. The highest BCUT2D eigenvalue weighted by Crippen LogP contribution is 2.40. The van der Waals surface area contributed by atoms with E-state index in [9.17, 15) is 9.59 Å². The molecule has 0 heterocycles. The van der Waals surface area contributed by atoms with Gasteiger partial charge in [-0.25, -0.2) is 4.79 Å². The van der Waals surface area contributed by atoms with Gasteiger partial charge in [0, 0.05) is 13.0 Å². The Hall–Kier alpha value is -3.22. The highest BCUT2D eigenvalue weighted by molar-refractivity contribution is 5.87. The molecule has 27 heavy (non-hydrogen) atoms. The Morgan fingerprint density at radius 3 is 2.15 bits per heavy atom. The van der Waals surface area contributed by atoms with Gasteiger partial charge in [0.2, 0.25) is 11.7 Å². The van der Waals surface area contributed by atoms with Crippen LogP contribution >= 0.6 is 0 Å². The van der Waals surface area contributed by atoms with Gasteiger partial charge in [-0.2, -0.15) is 0 Å². The van der Waals surface area contributed by atoms with Crippen molar-refractivity contribution in [3.8, 4) is 17.2 Å². The highest BCUT2D eigenvalue weighted by atomic mass is 16.5. The number of benzene rings is 2. The molecule has 0 saturated carbocycles. The third kappa shape index (κ3) is 5.13. The van der Waals surface area contributed by atoms with Crippen LogP contribution in [0.3, 0.4) is 0 Å². The molecule has 0 unspecified atom stereocenters. The molecule has 0 spiro atoms. The fourth-order valence-electron chi connectivity index (χ4n) is 2.66. The van der Waals surface area contributed by atoms with Crippen LogP contribution in [-0.4, -0.2) is 38.3 Å². The lowest BCUT2D eigenvalue weighted by Gasteiger charge is -2.15. The van der Waals surface area contributed by atoms with Crippen LogP contribution in [0.5, 0.6) is 17.2 Å². The Morgan fingerprint density at radius 2 is 1.59 bits per heavy atom. The van der Waals surface area contributed by atoms with Crippen molar-refractivity contribution in [2.24, 2.45) is 0 Å². The number of carbonyl (C=O) groups is 2. The first-order valence-corrected chi connectivity index (χ1v) is 8.37. The Kier molecular flexibility index (Phi) is 7.05. The summed E-state index contributed by atoms with van der Waals surface area (Å²) in [6.45, 7) is 0.335. The molecule has 0 atom stereocenters. The number of rotatable bonds is 9. The SMILES string of the molecule is COc1ccc(CCC(=O)NCc2ccc(C(=O)O)cc2)c(OC)c1OC. The number of methoxy groups -OCH3 is 3. The third-order valence-electron chi connectivity index (χ3n) is 4.10. The second kappa shape index (κ2) is 9.47. The predicted molar refractivity (Wildman–Crippen MR) is 99.7 cm³/mol. The summed E-state index contributed by atoms with van der Waals surface area (Å²) in [4.78, 5) is 23.0.